The molecule has 0 bridgehead atoms. The van der Waals surface area contributed by atoms with Crippen LogP contribution in [0.2, 0.25) is 5.02 Å². The van der Waals surface area contributed by atoms with Gasteiger partial charge in [0.2, 0.25) is 0 Å². The third-order valence-electron chi connectivity index (χ3n) is 1.99. The molecule has 0 aliphatic carbocycles. The lowest BCUT2D eigenvalue weighted by atomic mass is 10.2. The zero-order chi connectivity index (χ0) is 10.7. The van der Waals surface area contributed by atoms with Crippen LogP contribution in [0.15, 0.2) is 29.2 Å². The number of rotatable bonds is 1. The van der Waals surface area contributed by atoms with Crippen LogP contribution in [0.25, 0.3) is 4.91 Å². The van der Waals surface area contributed by atoms with E-state index in [1.807, 2.05) is 24.3 Å². The standard InChI is InChI=1S/C11H8ClNS2/c12-9-3-1-8(2-4-9)11-10(7-13)14-5-6-15-11/h1-4H,5-6H2. The van der Waals surface area contributed by atoms with E-state index in [0.717, 1.165) is 31.9 Å². The molecule has 0 aromatic heterocycles. The SMILES string of the molecule is N#CC1=C(c2ccc(Cl)cc2)SCCS1. The van der Waals surface area contributed by atoms with Crippen LogP contribution in [-0.4, -0.2) is 11.5 Å². The van der Waals surface area contributed by atoms with Crippen molar-refractivity contribution in [3.8, 4) is 6.07 Å². The highest BCUT2D eigenvalue weighted by atomic mass is 35.5. The minimum Gasteiger partial charge on any atom is -0.192 e. The fourth-order valence-electron chi connectivity index (χ4n) is 1.32. The van der Waals surface area contributed by atoms with E-state index in [1.165, 1.54) is 0 Å². The Labute approximate surface area is 103 Å². The number of hydrogen-bond donors (Lipinski definition) is 0. The minimum absolute atomic E-state index is 0.728. The van der Waals surface area contributed by atoms with Gasteiger partial charge in [-0.05, 0) is 17.7 Å². The van der Waals surface area contributed by atoms with Crippen LogP contribution in [-0.2, 0) is 0 Å². The molecule has 1 aliphatic heterocycles. The number of nitrogens with zero attached hydrogens (tertiary/aromatic N) is 1. The van der Waals surface area contributed by atoms with E-state index >= 15 is 0 Å². The van der Waals surface area contributed by atoms with E-state index in [-0.39, 0.29) is 0 Å². The monoisotopic (exact) mass is 253 g/mol. The molecule has 0 radical (unpaired) electrons. The molecule has 1 aliphatic rings. The van der Waals surface area contributed by atoms with Crippen LogP contribution in [0.5, 0.6) is 0 Å². The molecule has 1 heterocycles. The second-order valence-corrected chi connectivity index (χ2v) is 5.62. The van der Waals surface area contributed by atoms with Gasteiger partial charge in [-0.15, -0.1) is 23.5 Å². The van der Waals surface area contributed by atoms with E-state index in [2.05, 4.69) is 6.07 Å². The lowest BCUT2D eigenvalue weighted by Gasteiger charge is -2.14. The molecule has 15 heavy (non-hydrogen) atoms. The van der Waals surface area contributed by atoms with Gasteiger partial charge in [0.05, 0.1) is 4.91 Å². The molecule has 0 spiro atoms. The number of halogens is 1. The Morgan fingerprint density at radius 3 is 2.47 bits per heavy atom. The lowest BCUT2D eigenvalue weighted by Crippen LogP contribution is -1.95. The fraction of sp³-hybridized carbons (Fsp3) is 0.182. The molecule has 0 unspecified atom stereocenters. The molecule has 1 aromatic carbocycles. The Balaban J connectivity index is 2.41. The molecular formula is C11H8ClNS2. The van der Waals surface area contributed by atoms with E-state index in [0.29, 0.717) is 0 Å². The molecule has 4 heteroatoms. The first kappa shape index (κ1) is 10.9. The van der Waals surface area contributed by atoms with Gasteiger partial charge in [-0.3, -0.25) is 0 Å². The summed E-state index contributed by atoms with van der Waals surface area (Å²) in [6.07, 6.45) is 0. The number of allylic oxidation sites excluding steroid dienone is 1. The van der Waals surface area contributed by atoms with Crippen molar-refractivity contribution in [2.24, 2.45) is 0 Å². The van der Waals surface area contributed by atoms with Crippen molar-refractivity contribution in [3.05, 3.63) is 39.8 Å². The van der Waals surface area contributed by atoms with Gasteiger partial charge in [0.15, 0.2) is 0 Å². The quantitative estimate of drug-likeness (QED) is 0.756. The van der Waals surface area contributed by atoms with Gasteiger partial charge in [-0.2, -0.15) is 5.26 Å². The topological polar surface area (TPSA) is 23.8 Å². The van der Waals surface area contributed by atoms with Gasteiger partial charge in [0, 0.05) is 21.4 Å². The molecule has 1 nitrogen and oxygen atoms in total. The van der Waals surface area contributed by atoms with Crippen LogP contribution >= 0.6 is 35.1 Å². The fourth-order valence-corrected chi connectivity index (χ4v) is 3.66. The van der Waals surface area contributed by atoms with Crippen molar-refractivity contribution >= 4 is 40.0 Å². The molecule has 0 saturated carbocycles. The second kappa shape index (κ2) is 4.98. The molecule has 0 N–H and O–H groups in total. The van der Waals surface area contributed by atoms with E-state index in [1.54, 1.807) is 23.5 Å². The van der Waals surface area contributed by atoms with E-state index in [9.17, 15) is 0 Å². The number of benzene rings is 1. The average molecular weight is 254 g/mol. The minimum atomic E-state index is 0.728. The van der Waals surface area contributed by atoms with Crippen molar-refractivity contribution in [1.29, 1.82) is 5.26 Å². The highest BCUT2D eigenvalue weighted by molar-refractivity contribution is 8.13. The lowest BCUT2D eigenvalue weighted by molar-refractivity contribution is 1.51. The molecule has 0 saturated heterocycles. The van der Waals surface area contributed by atoms with Crippen LogP contribution in [0.4, 0.5) is 0 Å². The summed E-state index contributed by atoms with van der Waals surface area (Å²) in [5, 5.41) is 9.74. The van der Waals surface area contributed by atoms with Crippen molar-refractivity contribution < 1.29 is 0 Å². The first-order valence-electron chi connectivity index (χ1n) is 4.47. The van der Waals surface area contributed by atoms with Crippen molar-refractivity contribution in [1.82, 2.24) is 0 Å². The predicted octanol–water partition coefficient (Wildman–Crippen LogP) is 4.01. The first-order valence-corrected chi connectivity index (χ1v) is 6.82. The number of thioether (sulfide) groups is 2. The zero-order valence-electron chi connectivity index (χ0n) is 7.87. The summed E-state index contributed by atoms with van der Waals surface area (Å²) in [5.41, 5.74) is 1.09. The van der Waals surface area contributed by atoms with Gasteiger partial charge in [-0.25, -0.2) is 0 Å². The van der Waals surface area contributed by atoms with Crippen LogP contribution in [0.1, 0.15) is 5.56 Å². The van der Waals surface area contributed by atoms with Crippen LogP contribution < -0.4 is 0 Å². The van der Waals surface area contributed by atoms with Gasteiger partial charge in [0.1, 0.15) is 6.07 Å². The Morgan fingerprint density at radius 2 is 1.80 bits per heavy atom. The van der Waals surface area contributed by atoms with Crippen LogP contribution in [0.3, 0.4) is 0 Å². The Bertz CT molecular complexity index is 431. The highest BCUT2D eigenvalue weighted by Crippen LogP contribution is 2.40. The molecule has 0 atom stereocenters. The predicted molar refractivity (Wildman–Crippen MR) is 68.9 cm³/mol. The Kier molecular flexibility index (Phi) is 3.63. The average Bonchev–Trinajstić information content (AvgIpc) is 2.30. The summed E-state index contributed by atoms with van der Waals surface area (Å²) in [6.45, 7) is 0. The van der Waals surface area contributed by atoms with Gasteiger partial charge in [-0.1, -0.05) is 23.7 Å². The zero-order valence-corrected chi connectivity index (χ0v) is 10.3. The maximum atomic E-state index is 9.01. The normalized spacial score (nSPS) is 16.3. The van der Waals surface area contributed by atoms with E-state index in [4.69, 9.17) is 16.9 Å². The maximum Gasteiger partial charge on any atom is 0.107 e. The summed E-state index contributed by atoms with van der Waals surface area (Å²) in [7, 11) is 0. The maximum absolute atomic E-state index is 9.01. The second-order valence-electron chi connectivity index (χ2n) is 2.97. The van der Waals surface area contributed by atoms with Crippen molar-refractivity contribution in [2.75, 3.05) is 11.5 Å². The van der Waals surface area contributed by atoms with Gasteiger partial charge < -0.3 is 0 Å². The first-order chi connectivity index (χ1) is 7.31. The number of hydrogen-bond acceptors (Lipinski definition) is 3. The molecular weight excluding hydrogens is 246 g/mol. The van der Waals surface area contributed by atoms with Crippen molar-refractivity contribution in [3.63, 3.8) is 0 Å². The van der Waals surface area contributed by atoms with Gasteiger partial charge >= 0.3 is 0 Å². The summed E-state index contributed by atoms with van der Waals surface area (Å²) >= 11 is 9.21. The summed E-state index contributed by atoms with van der Waals surface area (Å²) < 4.78 is 0. The van der Waals surface area contributed by atoms with Crippen LogP contribution in [0, 0.1) is 11.3 Å². The van der Waals surface area contributed by atoms with Crippen molar-refractivity contribution in [2.45, 2.75) is 0 Å². The molecule has 2 rings (SSSR count). The number of nitriles is 1. The molecule has 0 amide bonds. The largest absolute Gasteiger partial charge is 0.192 e. The molecule has 76 valence electrons. The van der Waals surface area contributed by atoms with E-state index < -0.39 is 0 Å². The highest BCUT2D eigenvalue weighted by Gasteiger charge is 2.15. The summed E-state index contributed by atoms with van der Waals surface area (Å²) in [6, 6.07) is 9.91. The molecule has 0 fully saturated rings. The van der Waals surface area contributed by atoms with Gasteiger partial charge in [0.25, 0.3) is 0 Å². The third kappa shape index (κ3) is 2.52. The molecule has 1 aromatic rings. The third-order valence-corrected chi connectivity index (χ3v) is 4.76. The summed E-state index contributed by atoms with van der Waals surface area (Å²) in [4.78, 5) is 1.92. The smallest absolute Gasteiger partial charge is 0.107 e. The Morgan fingerprint density at radius 1 is 1.13 bits per heavy atom. The Hall–Kier alpha value is -0.560. The summed E-state index contributed by atoms with van der Waals surface area (Å²) in [5.74, 6) is 2.08.